The lowest BCUT2D eigenvalue weighted by Gasteiger charge is -2.22. The van der Waals surface area contributed by atoms with E-state index in [2.05, 4.69) is 52.0 Å². The molecule has 0 saturated carbocycles. The topological polar surface area (TPSA) is 35.2 Å². The highest BCUT2D eigenvalue weighted by atomic mass is 32.1. The minimum absolute atomic E-state index is 0.0842. The van der Waals surface area contributed by atoms with E-state index in [0.29, 0.717) is 17.5 Å². The van der Waals surface area contributed by atoms with Crippen molar-refractivity contribution in [1.82, 2.24) is 0 Å². The number of nitrogens with two attached hydrogens (primary N) is 1. The number of rotatable bonds is 8. The minimum Gasteiger partial charge on any atom is -0.494 e. The highest BCUT2D eigenvalue weighted by Gasteiger charge is 2.20. The Hall–Kier alpha value is -1.09. The number of ether oxygens (including phenoxy) is 1. The molecule has 0 radical (unpaired) electrons. The highest BCUT2D eigenvalue weighted by molar-refractivity contribution is 7.80. The molecule has 0 heterocycles. The maximum Gasteiger partial charge on any atom is 0.119 e. The third kappa shape index (κ3) is 5.12. The average molecular weight is 293 g/mol. The fraction of sp³-hybridized carbons (Fsp3) is 0.588. The van der Waals surface area contributed by atoms with Gasteiger partial charge in [-0.05, 0) is 42.9 Å². The molecule has 112 valence electrons. The molecule has 0 aromatic heterocycles. The molecule has 2 nitrogen and oxygen atoms in total. The van der Waals surface area contributed by atoms with Crippen LogP contribution in [0.5, 0.6) is 5.75 Å². The van der Waals surface area contributed by atoms with Gasteiger partial charge in [-0.1, -0.05) is 52.0 Å². The summed E-state index contributed by atoms with van der Waals surface area (Å²) in [7, 11) is 0. The van der Waals surface area contributed by atoms with Crippen molar-refractivity contribution in [2.24, 2.45) is 11.1 Å². The van der Waals surface area contributed by atoms with Crippen LogP contribution in [0.3, 0.4) is 0 Å². The van der Waals surface area contributed by atoms with Crippen LogP contribution in [0, 0.1) is 5.41 Å². The Balaban J connectivity index is 2.38. The summed E-state index contributed by atoms with van der Waals surface area (Å²) in [6, 6.07) is 8.42. The van der Waals surface area contributed by atoms with Gasteiger partial charge in [0, 0.05) is 5.41 Å². The fourth-order valence-corrected chi connectivity index (χ4v) is 2.06. The van der Waals surface area contributed by atoms with E-state index in [1.165, 1.54) is 5.56 Å². The Morgan fingerprint density at radius 3 is 2.40 bits per heavy atom. The highest BCUT2D eigenvalue weighted by Crippen LogP contribution is 2.24. The molecule has 0 aliphatic heterocycles. The van der Waals surface area contributed by atoms with Gasteiger partial charge in [-0.25, -0.2) is 0 Å². The number of hydrogen-bond acceptors (Lipinski definition) is 2. The van der Waals surface area contributed by atoms with E-state index < -0.39 is 0 Å². The van der Waals surface area contributed by atoms with E-state index in [4.69, 9.17) is 22.7 Å². The summed E-state index contributed by atoms with van der Waals surface area (Å²) in [4.78, 5) is 0.579. The van der Waals surface area contributed by atoms with Crippen molar-refractivity contribution >= 4 is 17.2 Å². The van der Waals surface area contributed by atoms with Crippen molar-refractivity contribution < 1.29 is 4.74 Å². The minimum atomic E-state index is -0.0842. The Kier molecular flexibility index (Phi) is 6.47. The first-order chi connectivity index (χ1) is 9.36. The predicted octanol–water partition coefficient (Wildman–Crippen LogP) is 4.67. The summed E-state index contributed by atoms with van der Waals surface area (Å²) in [6.45, 7) is 9.31. The molecular weight excluding hydrogens is 266 g/mol. The summed E-state index contributed by atoms with van der Waals surface area (Å²) in [6.07, 6.45) is 3.07. The summed E-state index contributed by atoms with van der Waals surface area (Å²) >= 11 is 5.06. The fourth-order valence-electron chi connectivity index (χ4n) is 1.96. The molecule has 0 fully saturated rings. The maximum absolute atomic E-state index is 5.77. The van der Waals surface area contributed by atoms with Gasteiger partial charge in [-0.15, -0.1) is 0 Å². The second kappa shape index (κ2) is 7.63. The molecule has 1 rings (SSSR count). The van der Waals surface area contributed by atoms with Crippen LogP contribution in [0.15, 0.2) is 24.3 Å². The van der Waals surface area contributed by atoms with E-state index in [0.717, 1.165) is 25.0 Å². The molecule has 3 heteroatoms. The molecule has 1 aromatic rings. The van der Waals surface area contributed by atoms with Crippen LogP contribution in [0.2, 0.25) is 0 Å². The van der Waals surface area contributed by atoms with Crippen LogP contribution in [-0.4, -0.2) is 11.6 Å². The molecule has 0 amide bonds. The number of thiocarbonyl (C=S) groups is 1. The van der Waals surface area contributed by atoms with Gasteiger partial charge in [-0.2, -0.15) is 0 Å². The zero-order valence-electron chi connectivity index (χ0n) is 13.1. The Labute approximate surface area is 128 Å². The van der Waals surface area contributed by atoms with Gasteiger partial charge in [0.1, 0.15) is 5.75 Å². The van der Waals surface area contributed by atoms with E-state index in [9.17, 15) is 0 Å². The normalized spacial score (nSPS) is 13.0. The molecule has 0 aliphatic rings. The van der Waals surface area contributed by atoms with E-state index in [-0.39, 0.29) is 5.41 Å². The van der Waals surface area contributed by atoms with Crippen LogP contribution >= 0.6 is 12.2 Å². The molecule has 0 aliphatic carbocycles. The lowest BCUT2D eigenvalue weighted by atomic mass is 9.88. The lowest BCUT2D eigenvalue weighted by Crippen LogP contribution is -2.30. The first-order valence-electron chi connectivity index (χ1n) is 7.39. The van der Waals surface area contributed by atoms with Crippen LogP contribution in [0.25, 0.3) is 0 Å². The monoisotopic (exact) mass is 293 g/mol. The molecule has 1 aromatic carbocycles. The molecule has 0 saturated heterocycles. The Morgan fingerprint density at radius 2 is 1.90 bits per heavy atom. The molecule has 1 unspecified atom stereocenters. The molecule has 0 bridgehead atoms. The molecular formula is C17H27NOS. The summed E-state index contributed by atoms with van der Waals surface area (Å²) in [5.74, 6) is 1.54. The van der Waals surface area contributed by atoms with Crippen LogP contribution in [0.1, 0.15) is 58.4 Å². The van der Waals surface area contributed by atoms with Crippen molar-refractivity contribution in [3.63, 3.8) is 0 Å². The van der Waals surface area contributed by atoms with Crippen LogP contribution in [0.4, 0.5) is 0 Å². The van der Waals surface area contributed by atoms with Crippen LogP contribution < -0.4 is 10.5 Å². The standard InChI is InChI=1S/C17H27NOS/c1-5-13(2)14-7-9-15(10-8-14)19-12-6-11-17(3,4)16(18)20/h7-10,13H,5-6,11-12H2,1-4H3,(H2,18,20). The van der Waals surface area contributed by atoms with Gasteiger partial charge >= 0.3 is 0 Å². The largest absolute Gasteiger partial charge is 0.494 e. The van der Waals surface area contributed by atoms with Crippen molar-refractivity contribution in [1.29, 1.82) is 0 Å². The first-order valence-corrected chi connectivity index (χ1v) is 7.80. The van der Waals surface area contributed by atoms with E-state index in [1.54, 1.807) is 0 Å². The van der Waals surface area contributed by atoms with E-state index in [1.807, 2.05) is 0 Å². The Morgan fingerprint density at radius 1 is 1.30 bits per heavy atom. The van der Waals surface area contributed by atoms with Gasteiger partial charge in [0.05, 0.1) is 11.6 Å². The zero-order valence-corrected chi connectivity index (χ0v) is 13.9. The van der Waals surface area contributed by atoms with Crippen molar-refractivity contribution in [3.8, 4) is 5.75 Å². The van der Waals surface area contributed by atoms with Crippen molar-refractivity contribution in [2.75, 3.05) is 6.61 Å². The van der Waals surface area contributed by atoms with Crippen LogP contribution in [-0.2, 0) is 0 Å². The maximum atomic E-state index is 5.77. The first kappa shape index (κ1) is 17.0. The summed E-state index contributed by atoms with van der Waals surface area (Å²) in [5, 5.41) is 0. The van der Waals surface area contributed by atoms with Crippen molar-refractivity contribution in [2.45, 2.75) is 52.9 Å². The summed E-state index contributed by atoms with van der Waals surface area (Å²) in [5.41, 5.74) is 7.00. The molecule has 2 N–H and O–H groups in total. The lowest BCUT2D eigenvalue weighted by molar-refractivity contribution is 0.288. The Bertz CT molecular complexity index is 425. The quantitative estimate of drug-likeness (QED) is 0.559. The van der Waals surface area contributed by atoms with Gasteiger partial charge < -0.3 is 10.5 Å². The third-order valence-electron chi connectivity index (χ3n) is 3.94. The number of benzene rings is 1. The second-order valence-corrected chi connectivity index (χ2v) is 6.52. The number of hydrogen-bond donors (Lipinski definition) is 1. The summed E-state index contributed by atoms with van der Waals surface area (Å²) < 4.78 is 5.77. The smallest absolute Gasteiger partial charge is 0.119 e. The van der Waals surface area contributed by atoms with Gasteiger partial charge in [0.15, 0.2) is 0 Å². The second-order valence-electron chi connectivity index (χ2n) is 6.08. The van der Waals surface area contributed by atoms with Gasteiger partial charge in [0.2, 0.25) is 0 Å². The third-order valence-corrected chi connectivity index (χ3v) is 4.50. The van der Waals surface area contributed by atoms with Gasteiger partial charge in [-0.3, -0.25) is 0 Å². The van der Waals surface area contributed by atoms with E-state index >= 15 is 0 Å². The van der Waals surface area contributed by atoms with Crippen molar-refractivity contribution in [3.05, 3.63) is 29.8 Å². The molecule has 1 atom stereocenters. The molecule has 20 heavy (non-hydrogen) atoms. The molecule has 0 spiro atoms. The SMILES string of the molecule is CCC(C)c1ccc(OCCCC(C)(C)C(N)=S)cc1. The predicted molar refractivity (Wildman–Crippen MR) is 90.4 cm³/mol. The van der Waals surface area contributed by atoms with Gasteiger partial charge in [0.25, 0.3) is 0 Å². The zero-order chi connectivity index (χ0) is 15.2. The average Bonchev–Trinajstić information content (AvgIpc) is 2.43.